The summed E-state index contributed by atoms with van der Waals surface area (Å²) >= 11 is 0. The Labute approximate surface area is 172 Å². The summed E-state index contributed by atoms with van der Waals surface area (Å²) < 4.78 is 5.28. The van der Waals surface area contributed by atoms with E-state index in [9.17, 15) is 24.5 Å². The van der Waals surface area contributed by atoms with Crippen molar-refractivity contribution >= 4 is 34.8 Å². The van der Waals surface area contributed by atoms with E-state index in [0.717, 1.165) is 10.5 Å². The third kappa shape index (κ3) is 4.72. The number of nitrogens with zero attached hydrogens (tertiary/aromatic N) is 3. The van der Waals surface area contributed by atoms with Crippen LogP contribution in [0.1, 0.15) is 5.56 Å². The number of hydrogen-bond acceptors (Lipinski definition) is 6. The fourth-order valence-electron chi connectivity index (χ4n) is 2.87. The minimum Gasteiger partial charge on any atom is -0.482 e. The standard InChI is InChI=1S/C20H20N4O6/c1-13-3-5-14(6-4-13)21-18(25)10-22(2)19(26)11-23-16-9-15(24(28)29)7-8-17(16)30-12-20(23)27/h3-9H,10-12H2,1-2H3,(H,21,25). The van der Waals surface area contributed by atoms with E-state index in [-0.39, 0.29) is 42.7 Å². The maximum absolute atomic E-state index is 12.6. The Bertz CT molecular complexity index is 1000. The van der Waals surface area contributed by atoms with Crippen LogP contribution in [-0.2, 0) is 14.4 Å². The Balaban J connectivity index is 1.67. The van der Waals surface area contributed by atoms with Crippen molar-refractivity contribution in [3.8, 4) is 5.75 Å². The fraction of sp³-hybridized carbons (Fsp3) is 0.250. The quantitative estimate of drug-likeness (QED) is 0.569. The summed E-state index contributed by atoms with van der Waals surface area (Å²) in [6.07, 6.45) is 0. The molecule has 1 N–H and O–H groups in total. The molecule has 0 aromatic heterocycles. The highest BCUT2D eigenvalue weighted by Gasteiger charge is 2.30. The summed E-state index contributed by atoms with van der Waals surface area (Å²) in [6, 6.07) is 11.0. The zero-order chi connectivity index (χ0) is 21.8. The van der Waals surface area contributed by atoms with Gasteiger partial charge in [-0.1, -0.05) is 17.7 Å². The molecule has 0 saturated heterocycles. The minimum atomic E-state index is -0.596. The summed E-state index contributed by atoms with van der Waals surface area (Å²) in [4.78, 5) is 49.8. The molecule has 1 aliphatic rings. The number of carbonyl (C=O) groups excluding carboxylic acids is 3. The first kappa shape index (κ1) is 20.8. The number of fused-ring (bicyclic) bond motifs is 1. The summed E-state index contributed by atoms with van der Waals surface area (Å²) in [7, 11) is 1.44. The Kier molecular flexibility index (Phi) is 5.95. The summed E-state index contributed by atoms with van der Waals surface area (Å²) in [5, 5.41) is 13.7. The Hall–Kier alpha value is -3.95. The van der Waals surface area contributed by atoms with E-state index in [4.69, 9.17) is 4.74 Å². The van der Waals surface area contributed by atoms with Crippen molar-refractivity contribution < 1.29 is 24.0 Å². The number of amides is 3. The lowest BCUT2D eigenvalue weighted by molar-refractivity contribution is -0.384. The number of anilines is 2. The van der Waals surface area contributed by atoms with Crippen LogP contribution in [0.15, 0.2) is 42.5 Å². The first-order valence-electron chi connectivity index (χ1n) is 9.06. The molecule has 10 heteroatoms. The fourth-order valence-corrected chi connectivity index (χ4v) is 2.87. The first-order valence-corrected chi connectivity index (χ1v) is 9.06. The van der Waals surface area contributed by atoms with Crippen LogP contribution < -0.4 is 15.0 Å². The Morgan fingerprint density at radius 2 is 1.93 bits per heavy atom. The van der Waals surface area contributed by atoms with Gasteiger partial charge in [-0.25, -0.2) is 0 Å². The average Bonchev–Trinajstić information content (AvgIpc) is 2.71. The van der Waals surface area contributed by atoms with Crippen LogP contribution in [0.4, 0.5) is 17.1 Å². The van der Waals surface area contributed by atoms with Crippen LogP contribution in [0.3, 0.4) is 0 Å². The second-order valence-corrected chi connectivity index (χ2v) is 6.84. The highest BCUT2D eigenvalue weighted by molar-refractivity contribution is 6.03. The maximum Gasteiger partial charge on any atom is 0.271 e. The van der Waals surface area contributed by atoms with E-state index in [1.165, 1.54) is 30.1 Å². The van der Waals surface area contributed by atoms with E-state index in [1.807, 2.05) is 19.1 Å². The largest absolute Gasteiger partial charge is 0.482 e. The Morgan fingerprint density at radius 3 is 2.60 bits per heavy atom. The van der Waals surface area contributed by atoms with Crippen LogP contribution in [-0.4, -0.2) is 54.3 Å². The number of nitro benzene ring substituents is 1. The van der Waals surface area contributed by atoms with Gasteiger partial charge >= 0.3 is 0 Å². The van der Waals surface area contributed by atoms with Gasteiger partial charge in [-0.05, 0) is 25.1 Å². The average molecular weight is 412 g/mol. The maximum atomic E-state index is 12.6. The molecule has 30 heavy (non-hydrogen) atoms. The zero-order valence-corrected chi connectivity index (χ0v) is 16.5. The molecule has 0 bridgehead atoms. The molecular weight excluding hydrogens is 392 g/mol. The molecule has 2 aromatic rings. The van der Waals surface area contributed by atoms with Gasteiger partial charge in [0, 0.05) is 24.9 Å². The van der Waals surface area contributed by atoms with E-state index in [2.05, 4.69) is 5.32 Å². The number of hydrogen-bond donors (Lipinski definition) is 1. The van der Waals surface area contributed by atoms with Gasteiger partial charge in [0.05, 0.1) is 17.2 Å². The first-order chi connectivity index (χ1) is 14.2. The van der Waals surface area contributed by atoms with Gasteiger partial charge in [0.2, 0.25) is 11.8 Å². The topological polar surface area (TPSA) is 122 Å². The predicted octanol–water partition coefficient (Wildman–Crippen LogP) is 1.73. The molecule has 0 fully saturated rings. The molecule has 0 saturated carbocycles. The van der Waals surface area contributed by atoms with E-state index >= 15 is 0 Å². The summed E-state index contributed by atoms with van der Waals surface area (Å²) in [5.41, 5.74) is 1.58. The lowest BCUT2D eigenvalue weighted by Gasteiger charge is -2.30. The number of non-ortho nitro benzene ring substituents is 1. The molecular formula is C20H20N4O6. The lowest BCUT2D eigenvalue weighted by atomic mass is 10.2. The number of nitrogens with one attached hydrogen (secondary N) is 1. The SMILES string of the molecule is Cc1ccc(NC(=O)CN(C)C(=O)CN2C(=O)COc3ccc([N+](=O)[O-])cc32)cc1. The highest BCUT2D eigenvalue weighted by Crippen LogP contribution is 2.35. The summed E-state index contributed by atoms with van der Waals surface area (Å²) in [6.45, 7) is 1.06. The van der Waals surface area contributed by atoms with Gasteiger partial charge in [-0.2, -0.15) is 0 Å². The van der Waals surface area contributed by atoms with Crippen LogP contribution in [0.5, 0.6) is 5.75 Å². The monoisotopic (exact) mass is 412 g/mol. The van der Waals surface area contributed by atoms with Crippen molar-refractivity contribution in [2.24, 2.45) is 0 Å². The van der Waals surface area contributed by atoms with Gasteiger partial charge in [-0.3, -0.25) is 29.4 Å². The van der Waals surface area contributed by atoms with Crippen molar-refractivity contribution in [3.05, 3.63) is 58.1 Å². The normalized spacial score (nSPS) is 12.6. The number of rotatable bonds is 6. The van der Waals surface area contributed by atoms with Gasteiger partial charge in [0.15, 0.2) is 6.61 Å². The molecule has 3 amide bonds. The molecule has 156 valence electrons. The van der Waals surface area contributed by atoms with Crippen molar-refractivity contribution in [1.29, 1.82) is 0 Å². The number of carbonyl (C=O) groups is 3. The number of likely N-dealkylation sites (N-methyl/N-ethyl adjacent to an activating group) is 1. The predicted molar refractivity (Wildman–Crippen MR) is 108 cm³/mol. The van der Waals surface area contributed by atoms with Crippen molar-refractivity contribution in [2.45, 2.75) is 6.92 Å². The molecule has 2 aromatic carbocycles. The van der Waals surface area contributed by atoms with E-state index < -0.39 is 16.7 Å². The van der Waals surface area contributed by atoms with Crippen molar-refractivity contribution in [2.75, 3.05) is 37.0 Å². The highest BCUT2D eigenvalue weighted by atomic mass is 16.6. The number of benzene rings is 2. The van der Waals surface area contributed by atoms with Crippen LogP contribution in [0, 0.1) is 17.0 Å². The number of aryl methyl sites for hydroxylation is 1. The van der Waals surface area contributed by atoms with Crippen LogP contribution in [0.25, 0.3) is 0 Å². The third-order valence-electron chi connectivity index (χ3n) is 4.53. The van der Waals surface area contributed by atoms with Crippen molar-refractivity contribution in [3.63, 3.8) is 0 Å². The lowest BCUT2D eigenvalue weighted by Crippen LogP contribution is -2.46. The van der Waals surface area contributed by atoms with E-state index in [0.29, 0.717) is 5.69 Å². The third-order valence-corrected chi connectivity index (χ3v) is 4.53. The van der Waals surface area contributed by atoms with Gasteiger partial charge in [-0.15, -0.1) is 0 Å². The smallest absolute Gasteiger partial charge is 0.271 e. The molecule has 0 radical (unpaired) electrons. The molecule has 1 heterocycles. The number of nitro groups is 1. The summed E-state index contributed by atoms with van der Waals surface area (Å²) in [5.74, 6) is -1.12. The van der Waals surface area contributed by atoms with Gasteiger partial charge in [0.25, 0.3) is 11.6 Å². The molecule has 0 spiro atoms. The molecule has 0 aliphatic carbocycles. The molecule has 0 atom stereocenters. The van der Waals surface area contributed by atoms with E-state index in [1.54, 1.807) is 12.1 Å². The molecule has 3 rings (SSSR count). The van der Waals surface area contributed by atoms with Crippen LogP contribution in [0.2, 0.25) is 0 Å². The molecule has 10 nitrogen and oxygen atoms in total. The molecule has 1 aliphatic heterocycles. The van der Waals surface area contributed by atoms with Gasteiger partial charge < -0.3 is 15.0 Å². The van der Waals surface area contributed by atoms with Crippen LogP contribution >= 0.6 is 0 Å². The number of ether oxygens (including phenoxy) is 1. The van der Waals surface area contributed by atoms with Gasteiger partial charge in [0.1, 0.15) is 12.3 Å². The van der Waals surface area contributed by atoms with Crippen molar-refractivity contribution in [1.82, 2.24) is 4.90 Å². The zero-order valence-electron chi connectivity index (χ0n) is 16.5. The second-order valence-electron chi connectivity index (χ2n) is 6.84. The second kappa shape index (κ2) is 8.60. The minimum absolute atomic E-state index is 0.145. The Morgan fingerprint density at radius 1 is 1.23 bits per heavy atom. The molecule has 0 unspecified atom stereocenters.